The van der Waals surface area contributed by atoms with Gasteiger partial charge in [0, 0.05) is 31.3 Å². The maximum absolute atomic E-state index is 12.1. The van der Waals surface area contributed by atoms with Crippen molar-refractivity contribution in [1.82, 2.24) is 4.90 Å². The van der Waals surface area contributed by atoms with Crippen molar-refractivity contribution in [2.24, 2.45) is 0 Å². The van der Waals surface area contributed by atoms with E-state index in [-0.39, 0.29) is 11.7 Å². The Morgan fingerprint density at radius 2 is 2.00 bits per heavy atom. The summed E-state index contributed by atoms with van der Waals surface area (Å²) in [5, 5.41) is 12.8. The number of nitrogens with one attached hydrogen (secondary N) is 1. The number of aldehydes is 1. The van der Waals surface area contributed by atoms with Crippen molar-refractivity contribution in [1.29, 1.82) is 0 Å². The van der Waals surface area contributed by atoms with Crippen molar-refractivity contribution in [2.75, 3.05) is 44.8 Å². The molecule has 0 atom stereocenters. The van der Waals surface area contributed by atoms with Crippen LogP contribution in [0.3, 0.4) is 0 Å². The minimum atomic E-state index is -0.371. The first kappa shape index (κ1) is 20.6. The summed E-state index contributed by atoms with van der Waals surface area (Å²) in [7, 11) is 0. The minimum absolute atomic E-state index is 0.0147. The standard InChI is InChI=1S/C22H24N2O5/c25-16-18-3-1-2-4-19(18)23-22(27)8-6-17-5-7-21(20(26)15-17)29-14-11-24-9-12-28-13-10-24/h1-8,15-16,26H,9-14H2,(H,23,27)/b8-6+. The normalized spacial score (nSPS) is 14.6. The van der Waals surface area contributed by atoms with E-state index >= 15 is 0 Å². The SMILES string of the molecule is O=Cc1ccccc1NC(=O)/C=C/c1ccc(OCCN2CCOCC2)c(O)c1. The van der Waals surface area contributed by atoms with Crippen LogP contribution in [0, 0.1) is 0 Å². The van der Waals surface area contributed by atoms with Gasteiger partial charge in [-0.3, -0.25) is 14.5 Å². The number of anilines is 1. The molecule has 7 heteroatoms. The van der Waals surface area contributed by atoms with Crippen molar-refractivity contribution in [3.05, 3.63) is 59.7 Å². The number of ether oxygens (including phenoxy) is 2. The lowest BCUT2D eigenvalue weighted by molar-refractivity contribution is -0.111. The Bertz CT molecular complexity index is 875. The average Bonchev–Trinajstić information content (AvgIpc) is 2.75. The number of hydrogen-bond acceptors (Lipinski definition) is 6. The third-order valence-electron chi connectivity index (χ3n) is 4.52. The molecule has 0 unspecified atom stereocenters. The van der Waals surface area contributed by atoms with Crippen LogP contribution in [0.25, 0.3) is 6.08 Å². The molecule has 1 aliphatic rings. The van der Waals surface area contributed by atoms with Gasteiger partial charge in [0.05, 0.1) is 18.9 Å². The molecule has 2 N–H and O–H groups in total. The molecule has 0 saturated carbocycles. The van der Waals surface area contributed by atoms with Crippen LogP contribution in [0.1, 0.15) is 15.9 Å². The van der Waals surface area contributed by atoms with Crippen LogP contribution in [0.15, 0.2) is 48.5 Å². The lowest BCUT2D eigenvalue weighted by Gasteiger charge is -2.26. The van der Waals surface area contributed by atoms with Crippen LogP contribution in [-0.4, -0.2) is 61.7 Å². The third-order valence-corrected chi connectivity index (χ3v) is 4.52. The van der Waals surface area contributed by atoms with E-state index in [0.29, 0.717) is 35.5 Å². The first-order valence-electron chi connectivity index (χ1n) is 9.45. The molecule has 7 nitrogen and oxygen atoms in total. The Balaban J connectivity index is 1.52. The van der Waals surface area contributed by atoms with Crippen molar-refractivity contribution in [2.45, 2.75) is 0 Å². The molecule has 152 valence electrons. The summed E-state index contributed by atoms with van der Waals surface area (Å²) in [5.41, 5.74) is 1.51. The molecular formula is C22H24N2O5. The molecule has 1 aliphatic heterocycles. The Morgan fingerprint density at radius 1 is 1.21 bits per heavy atom. The van der Waals surface area contributed by atoms with E-state index in [9.17, 15) is 14.7 Å². The Kier molecular flexibility index (Phi) is 7.38. The molecule has 2 aromatic rings. The number of carbonyl (C=O) groups excluding carboxylic acids is 2. The number of aromatic hydroxyl groups is 1. The maximum Gasteiger partial charge on any atom is 0.248 e. The van der Waals surface area contributed by atoms with E-state index in [4.69, 9.17) is 9.47 Å². The number of benzene rings is 2. The summed E-state index contributed by atoms with van der Waals surface area (Å²) in [6.07, 6.45) is 3.61. The summed E-state index contributed by atoms with van der Waals surface area (Å²) in [6.45, 7) is 4.49. The molecule has 0 aliphatic carbocycles. The molecule has 3 rings (SSSR count). The second-order valence-electron chi connectivity index (χ2n) is 6.56. The molecule has 1 fully saturated rings. The van der Waals surface area contributed by atoms with Gasteiger partial charge >= 0.3 is 0 Å². The topological polar surface area (TPSA) is 88.1 Å². The number of rotatable bonds is 8. The van der Waals surface area contributed by atoms with Crippen molar-refractivity contribution < 1.29 is 24.2 Å². The fraction of sp³-hybridized carbons (Fsp3) is 0.273. The Hall–Kier alpha value is -3.16. The Labute approximate surface area is 169 Å². The molecule has 0 radical (unpaired) electrons. The minimum Gasteiger partial charge on any atom is -0.504 e. The Morgan fingerprint density at radius 3 is 2.76 bits per heavy atom. The zero-order valence-corrected chi connectivity index (χ0v) is 16.0. The fourth-order valence-electron chi connectivity index (χ4n) is 2.93. The van der Waals surface area contributed by atoms with E-state index in [1.807, 2.05) is 0 Å². The molecule has 29 heavy (non-hydrogen) atoms. The zero-order valence-electron chi connectivity index (χ0n) is 16.0. The molecule has 1 saturated heterocycles. The maximum atomic E-state index is 12.1. The monoisotopic (exact) mass is 396 g/mol. The highest BCUT2D eigenvalue weighted by Crippen LogP contribution is 2.27. The summed E-state index contributed by atoms with van der Waals surface area (Å²) < 4.78 is 11.0. The van der Waals surface area contributed by atoms with Crippen molar-refractivity contribution >= 4 is 24.0 Å². The quantitative estimate of drug-likeness (QED) is 0.527. The average molecular weight is 396 g/mol. The van der Waals surface area contributed by atoms with Crippen LogP contribution < -0.4 is 10.1 Å². The lowest BCUT2D eigenvalue weighted by atomic mass is 10.1. The van der Waals surface area contributed by atoms with Gasteiger partial charge in [-0.2, -0.15) is 0 Å². The summed E-state index contributed by atoms with van der Waals surface area (Å²) >= 11 is 0. The van der Waals surface area contributed by atoms with Gasteiger partial charge < -0.3 is 19.9 Å². The highest BCUT2D eigenvalue weighted by Gasteiger charge is 2.10. The van der Waals surface area contributed by atoms with Gasteiger partial charge in [0.2, 0.25) is 5.91 Å². The number of nitrogens with zero attached hydrogens (tertiary/aromatic N) is 1. The highest BCUT2D eigenvalue weighted by molar-refractivity contribution is 6.04. The van der Waals surface area contributed by atoms with Gasteiger partial charge in [0.15, 0.2) is 17.8 Å². The zero-order chi connectivity index (χ0) is 20.5. The number of hydrogen-bond donors (Lipinski definition) is 2. The molecule has 1 heterocycles. The fourth-order valence-corrected chi connectivity index (χ4v) is 2.93. The van der Waals surface area contributed by atoms with Gasteiger partial charge in [-0.05, 0) is 35.9 Å². The number of phenols is 1. The van der Waals surface area contributed by atoms with Gasteiger partial charge in [-0.25, -0.2) is 0 Å². The summed E-state index contributed by atoms with van der Waals surface area (Å²) in [6, 6.07) is 11.7. The van der Waals surface area contributed by atoms with Crippen LogP contribution in [0.2, 0.25) is 0 Å². The molecular weight excluding hydrogens is 372 g/mol. The second-order valence-corrected chi connectivity index (χ2v) is 6.56. The van der Waals surface area contributed by atoms with Gasteiger partial charge in [0.1, 0.15) is 6.61 Å². The van der Waals surface area contributed by atoms with Gasteiger partial charge in [-0.15, -0.1) is 0 Å². The van der Waals surface area contributed by atoms with Crippen LogP contribution in [0.4, 0.5) is 5.69 Å². The second kappa shape index (κ2) is 10.4. The molecule has 2 aromatic carbocycles. The largest absolute Gasteiger partial charge is 0.504 e. The number of phenolic OH excluding ortho intramolecular Hbond substituents is 1. The van der Waals surface area contributed by atoms with Gasteiger partial charge in [0.25, 0.3) is 0 Å². The molecule has 0 spiro atoms. The first-order chi connectivity index (χ1) is 14.2. The predicted molar refractivity (Wildman–Crippen MR) is 110 cm³/mol. The first-order valence-corrected chi connectivity index (χ1v) is 9.45. The summed E-state index contributed by atoms with van der Waals surface area (Å²) in [5.74, 6) is 0.0465. The smallest absolute Gasteiger partial charge is 0.248 e. The van der Waals surface area contributed by atoms with E-state index < -0.39 is 0 Å². The van der Waals surface area contributed by atoms with E-state index in [1.165, 1.54) is 12.1 Å². The predicted octanol–water partition coefficient (Wildman–Crippen LogP) is 2.57. The van der Waals surface area contributed by atoms with Crippen molar-refractivity contribution in [3.63, 3.8) is 0 Å². The number of carbonyl (C=O) groups is 2. The number of para-hydroxylation sites is 1. The van der Waals surface area contributed by atoms with E-state index in [2.05, 4.69) is 10.2 Å². The molecule has 0 aromatic heterocycles. The van der Waals surface area contributed by atoms with Crippen LogP contribution >= 0.6 is 0 Å². The van der Waals surface area contributed by atoms with Crippen LogP contribution in [0.5, 0.6) is 11.5 Å². The lowest BCUT2D eigenvalue weighted by Crippen LogP contribution is -2.38. The number of amides is 1. The third kappa shape index (κ3) is 6.17. The van der Waals surface area contributed by atoms with Crippen molar-refractivity contribution in [3.8, 4) is 11.5 Å². The van der Waals surface area contributed by atoms with E-state index in [0.717, 1.165) is 32.8 Å². The van der Waals surface area contributed by atoms with E-state index in [1.54, 1.807) is 42.5 Å². The molecule has 1 amide bonds. The highest BCUT2D eigenvalue weighted by atomic mass is 16.5. The van der Waals surface area contributed by atoms with Crippen LogP contribution in [-0.2, 0) is 9.53 Å². The summed E-state index contributed by atoms with van der Waals surface area (Å²) in [4.78, 5) is 25.3. The van der Waals surface area contributed by atoms with Gasteiger partial charge in [-0.1, -0.05) is 18.2 Å². The molecule has 0 bridgehead atoms. The number of morpholine rings is 1.